The number of nitrogens with one attached hydrogen (secondary N) is 1. The van der Waals surface area contributed by atoms with Crippen molar-refractivity contribution < 1.29 is 22.8 Å². The summed E-state index contributed by atoms with van der Waals surface area (Å²) in [6.07, 6.45) is 2.26. The fourth-order valence-electron chi connectivity index (χ4n) is 3.07. The third kappa shape index (κ3) is 5.60. The number of nitrogens with zero attached hydrogens (tertiary/aromatic N) is 2. The van der Waals surface area contributed by atoms with Crippen LogP contribution in [0.15, 0.2) is 36.9 Å². The lowest BCUT2D eigenvalue weighted by molar-refractivity contribution is -0.138. The van der Waals surface area contributed by atoms with E-state index in [2.05, 4.69) is 17.8 Å². The number of hydrogen-bond acceptors (Lipinski definition) is 3. The van der Waals surface area contributed by atoms with Gasteiger partial charge in [0.1, 0.15) is 0 Å². The molecule has 1 heterocycles. The number of terminal acetylenes is 1. The van der Waals surface area contributed by atoms with Crippen molar-refractivity contribution in [1.82, 2.24) is 15.1 Å². The van der Waals surface area contributed by atoms with Crippen molar-refractivity contribution in [2.45, 2.75) is 25.2 Å². The molecule has 1 fully saturated rings. The van der Waals surface area contributed by atoms with Crippen LogP contribution in [0.25, 0.3) is 0 Å². The number of benzene rings is 1. The molecule has 1 aliphatic rings. The molecule has 0 radical (unpaired) electrons. The highest BCUT2D eigenvalue weighted by atomic mass is 19.4. The molecule has 1 aromatic carbocycles. The van der Waals surface area contributed by atoms with Crippen molar-refractivity contribution in [3.05, 3.63) is 48.0 Å². The maximum absolute atomic E-state index is 12.9. The van der Waals surface area contributed by atoms with Crippen LogP contribution in [-0.4, -0.2) is 53.8 Å². The van der Waals surface area contributed by atoms with E-state index in [1.807, 2.05) is 0 Å². The molecule has 8 heteroatoms. The van der Waals surface area contributed by atoms with Crippen molar-refractivity contribution in [3.8, 4) is 12.3 Å². The zero-order chi connectivity index (χ0) is 20.7. The van der Waals surface area contributed by atoms with Crippen LogP contribution in [0, 0.1) is 12.3 Å². The van der Waals surface area contributed by atoms with Crippen molar-refractivity contribution in [3.63, 3.8) is 0 Å². The molecule has 28 heavy (non-hydrogen) atoms. The van der Waals surface area contributed by atoms with E-state index < -0.39 is 17.8 Å². The Labute approximate surface area is 162 Å². The van der Waals surface area contributed by atoms with E-state index in [1.54, 1.807) is 11.0 Å². The molecule has 0 aliphatic carbocycles. The molecule has 1 aliphatic heterocycles. The number of piperazine rings is 1. The van der Waals surface area contributed by atoms with Crippen molar-refractivity contribution in [1.29, 1.82) is 0 Å². The van der Waals surface area contributed by atoms with Gasteiger partial charge < -0.3 is 10.2 Å². The molecule has 150 valence electrons. The van der Waals surface area contributed by atoms with Crippen molar-refractivity contribution in [2.24, 2.45) is 0 Å². The van der Waals surface area contributed by atoms with E-state index in [4.69, 9.17) is 6.42 Å². The predicted octanol–water partition coefficient (Wildman–Crippen LogP) is 2.04. The van der Waals surface area contributed by atoms with Crippen LogP contribution in [0.1, 0.15) is 17.5 Å². The third-order valence-electron chi connectivity index (χ3n) is 4.43. The second-order valence-corrected chi connectivity index (χ2v) is 6.45. The first-order valence-corrected chi connectivity index (χ1v) is 8.76. The summed E-state index contributed by atoms with van der Waals surface area (Å²) >= 11 is 0. The standard InChI is InChI=1S/C20H22F3N3O2/c1-3-9-25(10-4-2)18(27)13-17-19(28)24-8-11-26(17)14-15-6-5-7-16(12-15)20(21,22)23/h1,4-7,12,17H,2,8-11,13-14H2,(H,24,28)/t17-/m0/s1. The van der Waals surface area contributed by atoms with Gasteiger partial charge in [0, 0.05) is 26.2 Å². The maximum Gasteiger partial charge on any atom is 0.416 e. The zero-order valence-corrected chi connectivity index (χ0v) is 15.3. The first-order valence-electron chi connectivity index (χ1n) is 8.76. The fraction of sp³-hybridized carbons (Fsp3) is 0.400. The van der Waals surface area contributed by atoms with Gasteiger partial charge in [-0.1, -0.05) is 30.2 Å². The molecule has 0 bridgehead atoms. The minimum absolute atomic E-state index is 0.0901. The lowest BCUT2D eigenvalue weighted by Crippen LogP contribution is -2.56. The van der Waals surface area contributed by atoms with Crippen LogP contribution in [0.2, 0.25) is 0 Å². The first-order chi connectivity index (χ1) is 13.3. The van der Waals surface area contributed by atoms with Crippen LogP contribution in [0.4, 0.5) is 13.2 Å². The van der Waals surface area contributed by atoms with Gasteiger partial charge in [0.05, 0.1) is 24.6 Å². The van der Waals surface area contributed by atoms with E-state index in [0.717, 1.165) is 12.1 Å². The smallest absolute Gasteiger partial charge is 0.353 e. The molecule has 0 aromatic heterocycles. The Morgan fingerprint density at radius 2 is 2.21 bits per heavy atom. The third-order valence-corrected chi connectivity index (χ3v) is 4.43. The highest BCUT2D eigenvalue weighted by Crippen LogP contribution is 2.30. The van der Waals surface area contributed by atoms with E-state index in [-0.39, 0.29) is 37.9 Å². The molecule has 1 aromatic rings. The zero-order valence-electron chi connectivity index (χ0n) is 15.3. The average molecular weight is 393 g/mol. The Hall–Kier alpha value is -2.79. The van der Waals surface area contributed by atoms with Crippen LogP contribution in [0.3, 0.4) is 0 Å². The summed E-state index contributed by atoms with van der Waals surface area (Å²) < 4.78 is 38.8. The lowest BCUT2D eigenvalue weighted by Gasteiger charge is -2.35. The SMILES string of the molecule is C#CCN(CC=C)C(=O)C[C@H]1C(=O)NCCN1Cc1cccc(C(F)(F)F)c1. The second-order valence-electron chi connectivity index (χ2n) is 6.45. The molecule has 2 rings (SSSR count). The van der Waals surface area contributed by atoms with Crippen molar-refractivity contribution >= 4 is 11.8 Å². The number of carbonyl (C=O) groups is 2. The fourth-order valence-corrected chi connectivity index (χ4v) is 3.07. The van der Waals surface area contributed by atoms with E-state index in [0.29, 0.717) is 18.7 Å². The highest BCUT2D eigenvalue weighted by Gasteiger charge is 2.34. The molecule has 0 spiro atoms. The summed E-state index contributed by atoms with van der Waals surface area (Å²) in [5, 5.41) is 2.70. The Bertz CT molecular complexity index is 771. The maximum atomic E-state index is 12.9. The summed E-state index contributed by atoms with van der Waals surface area (Å²) in [5.41, 5.74) is -0.321. The summed E-state index contributed by atoms with van der Waals surface area (Å²) in [6, 6.07) is 4.19. The van der Waals surface area contributed by atoms with Gasteiger partial charge in [0.25, 0.3) is 0 Å². The number of hydrogen-bond donors (Lipinski definition) is 1. The topological polar surface area (TPSA) is 52.7 Å². The van der Waals surface area contributed by atoms with Crippen molar-refractivity contribution in [2.75, 3.05) is 26.2 Å². The summed E-state index contributed by atoms with van der Waals surface area (Å²) in [7, 11) is 0. The average Bonchev–Trinajstić information content (AvgIpc) is 2.64. The van der Waals surface area contributed by atoms with Gasteiger partial charge in [0.2, 0.25) is 11.8 Å². The van der Waals surface area contributed by atoms with Crippen LogP contribution < -0.4 is 5.32 Å². The van der Waals surface area contributed by atoms with Gasteiger partial charge >= 0.3 is 6.18 Å². The van der Waals surface area contributed by atoms with E-state index in [1.165, 1.54) is 17.0 Å². The quantitative estimate of drug-likeness (QED) is 0.570. The number of carbonyl (C=O) groups excluding carboxylic acids is 2. The van der Waals surface area contributed by atoms with Gasteiger partial charge in [-0.3, -0.25) is 14.5 Å². The summed E-state index contributed by atoms with van der Waals surface area (Å²) in [4.78, 5) is 28.0. The number of amides is 2. The van der Waals surface area contributed by atoms with Crippen LogP contribution in [0.5, 0.6) is 0 Å². The number of alkyl halides is 3. The molecule has 2 amide bonds. The van der Waals surface area contributed by atoms with E-state index in [9.17, 15) is 22.8 Å². The summed E-state index contributed by atoms with van der Waals surface area (Å²) in [5.74, 6) is 1.75. The normalized spacial score (nSPS) is 17.5. The monoisotopic (exact) mass is 393 g/mol. The Kier molecular flexibility index (Phi) is 7.24. The largest absolute Gasteiger partial charge is 0.416 e. The molecular weight excluding hydrogens is 371 g/mol. The molecule has 0 saturated carbocycles. The number of halogens is 3. The van der Waals surface area contributed by atoms with Crippen LogP contribution in [-0.2, 0) is 22.3 Å². The Morgan fingerprint density at radius 3 is 2.86 bits per heavy atom. The lowest BCUT2D eigenvalue weighted by atomic mass is 10.0. The van der Waals surface area contributed by atoms with Crippen LogP contribution >= 0.6 is 0 Å². The molecule has 1 saturated heterocycles. The Morgan fingerprint density at radius 1 is 1.46 bits per heavy atom. The minimum atomic E-state index is -4.44. The van der Waals surface area contributed by atoms with E-state index >= 15 is 0 Å². The van der Waals surface area contributed by atoms with Gasteiger partial charge in [-0.2, -0.15) is 13.2 Å². The minimum Gasteiger partial charge on any atom is -0.353 e. The molecule has 1 atom stereocenters. The molecular formula is C20H22F3N3O2. The van der Waals surface area contributed by atoms with Gasteiger partial charge in [-0.05, 0) is 11.6 Å². The highest BCUT2D eigenvalue weighted by molar-refractivity contribution is 5.89. The van der Waals surface area contributed by atoms with Gasteiger partial charge in [-0.25, -0.2) is 0 Å². The summed E-state index contributed by atoms with van der Waals surface area (Å²) in [6.45, 7) is 4.85. The van der Waals surface area contributed by atoms with Gasteiger partial charge in [0.15, 0.2) is 0 Å². The molecule has 1 N–H and O–H groups in total. The Balaban J connectivity index is 2.16. The first kappa shape index (κ1) is 21.5. The van der Waals surface area contributed by atoms with Gasteiger partial charge in [-0.15, -0.1) is 13.0 Å². The molecule has 5 nitrogen and oxygen atoms in total. The second kappa shape index (κ2) is 9.42. The molecule has 0 unspecified atom stereocenters. The predicted molar refractivity (Wildman–Crippen MR) is 98.9 cm³/mol. The number of rotatable bonds is 7.